The Morgan fingerprint density at radius 3 is 2.76 bits per heavy atom. The highest BCUT2D eigenvalue weighted by molar-refractivity contribution is 6.31. The van der Waals surface area contributed by atoms with Crippen LogP contribution in [0.2, 0.25) is 5.02 Å². The maximum Gasteiger partial charge on any atom is 0.268 e. The van der Waals surface area contributed by atoms with E-state index in [-0.39, 0.29) is 29.7 Å². The summed E-state index contributed by atoms with van der Waals surface area (Å²) in [5.41, 5.74) is 0.818. The van der Waals surface area contributed by atoms with E-state index in [9.17, 15) is 9.59 Å². The molecule has 1 aliphatic rings. The van der Waals surface area contributed by atoms with Crippen LogP contribution in [0, 0.1) is 0 Å². The molecular formula is C19H21ClN2O3. The molecule has 0 bridgehead atoms. The molecule has 1 aromatic carbocycles. The zero-order chi connectivity index (χ0) is 17.8. The van der Waals surface area contributed by atoms with Crippen molar-refractivity contribution in [3.05, 3.63) is 63.0 Å². The van der Waals surface area contributed by atoms with Crippen LogP contribution in [0.4, 0.5) is 0 Å². The summed E-state index contributed by atoms with van der Waals surface area (Å²) in [6, 6.07) is 8.85. The molecule has 1 heterocycles. The number of aromatic nitrogens is 1. The topological polar surface area (TPSA) is 60.3 Å². The smallest absolute Gasteiger partial charge is 0.268 e. The highest BCUT2D eigenvalue weighted by Crippen LogP contribution is 2.19. The van der Waals surface area contributed by atoms with Crippen LogP contribution in [0.3, 0.4) is 0 Å². The predicted molar refractivity (Wildman–Crippen MR) is 97.2 cm³/mol. The number of carbonyl (C=O) groups is 1. The number of rotatable bonds is 5. The molecular weight excluding hydrogens is 340 g/mol. The first kappa shape index (κ1) is 17.5. The molecule has 0 atom stereocenters. The molecule has 1 aliphatic carbocycles. The Balaban J connectivity index is 1.72. The third-order valence-electron chi connectivity index (χ3n) is 4.47. The van der Waals surface area contributed by atoms with E-state index in [1.807, 2.05) is 18.2 Å². The van der Waals surface area contributed by atoms with Gasteiger partial charge < -0.3 is 14.6 Å². The third-order valence-corrected chi connectivity index (χ3v) is 4.83. The molecule has 1 fully saturated rings. The average molecular weight is 361 g/mol. The molecule has 1 aromatic heterocycles. The van der Waals surface area contributed by atoms with Gasteiger partial charge in [-0.3, -0.25) is 9.59 Å². The lowest BCUT2D eigenvalue weighted by molar-refractivity contribution is 0.0928. The molecule has 132 valence electrons. The predicted octanol–water partition coefficient (Wildman–Crippen LogP) is 3.29. The molecule has 25 heavy (non-hydrogen) atoms. The highest BCUT2D eigenvalue weighted by atomic mass is 35.5. The quantitative estimate of drug-likeness (QED) is 0.890. The summed E-state index contributed by atoms with van der Waals surface area (Å²) in [5, 5.41) is 3.58. The summed E-state index contributed by atoms with van der Waals surface area (Å²) in [6.07, 6.45) is 5.82. The minimum absolute atomic E-state index is 0.194. The van der Waals surface area contributed by atoms with Gasteiger partial charge in [-0.2, -0.15) is 0 Å². The second kappa shape index (κ2) is 7.74. The van der Waals surface area contributed by atoms with Gasteiger partial charge in [-0.25, -0.2) is 0 Å². The van der Waals surface area contributed by atoms with Crippen molar-refractivity contribution >= 4 is 17.5 Å². The Bertz CT molecular complexity index is 826. The van der Waals surface area contributed by atoms with Gasteiger partial charge >= 0.3 is 0 Å². The van der Waals surface area contributed by atoms with Crippen LogP contribution in [0.15, 0.2) is 41.3 Å². The van der Waals surface area contributed by atoms with Crippen LogP contribution in [0.1, 0.15) is 41.7 Å². The van der Waals surface area contributed by atoms with Gasteiger partial charge in [0.2, 0.25) is 5.43 Å². The Morgan fingerprint density at radius 2 is 2.04 bits per heavy atom. The second-order valence-corrected chi connectivity index (χ2v) is 6.74. The maximum absolute atomic E-state index is 12.4. The zero-order valence-electron chi connectivity index (χ0n) is 14.1. The minimum atomic E-state index is -0.318. The number of carbonyl (C=O) groups excluding carboxylic acids is 1. The van der Waals surface area contributed by atoms with E-state index in [1.54, 1.807) is 23.9 Å². The van der Waals surface area contributed by atoms with Crippen molar-refractivity contribution in [2.24, 2.45) is 7.05 Å². The summed E-state index contributed by atoms with van der Waals surface area (Å²) in [5.74, 6) is -0.0241. The Labute approximate surface area is 151 Å². The van der Waals surface area contributed by atoms with E-state index in [2.05, 4.69) is 5.32 Å². The van der Waals surface area contributed by atoms with Gasteiger partial charge in [0.1, 0.15) is 12.3 Å². The normalized spacial score (nSPS) is 14.5. The van der Waals surface area contributed by atoms with E-state index in [1.165, 1.54) is 6.07 Å². The molecule has 1 N–H and O–H groups in total. The van der Waals surface area contributed by atoms with Gasteiger partial charge in [0.15, 0.2) is 5.75 Å². The lowest BCUT2D eigenvalue weighted by atomic mass is 10.2. The van der Waals surface area contributed by atoms with E-state index in [0.717, 1.165) is 31.2 Å². The molecule has 1 amide bonds. The molecule has 2 aromatic rings. The van der Waals surface area contributed by atoms with Gasteiger partial charge in [-0.05, 0) is 18.9 Å². The molecule has 6 heteroatoms. The van der Waals surface area contributed by atoms with Crippen molar-refractivity contribution < 1.29 is 9.53 Å². The number of nitrogens with zero attached hydrogens (tertiary/aromatic N) is 1. The summed E-state index contributed by atoms with van der Waals surface area (Å²) in [4.78, 5) is 24.7. The maximum atomic E-state index is 12.4. The van der Waals surface area contributed by atoms with E-state index < -0.39 is 0 Å². The minimum Gasteiger partial charge on any atom is -0.483 e. The molecule has 3 rings (SSSR count). The van der Waals surface area contributed by atoms with Gasteiger partial charge in [0.25, 0.3) is 5.91 Å². The number of halogens is 1. The summed E-state index contributed by atoms with van der Waals surface area (Å²) >= 11 is 6.09. The molecule has 0 spiro atoms. The Hall–Kier alpha value is -2.27. The van der Waals surface area contributed by atoms with Crippen LogP contribution < -0.4 is 15.5 Å². The molecule has 0 radical (unpaired) electrons. The van der Waals surface area contributed by atoms with Crippen LogP contribution in [0.5, 0.6) is 5.75 Å². The fourth-order valence-corrected chi connectivity index (χ4v) is 3.23. The van der Waals surface area contributed by atoms with Crippen molar-refractivity contribution in [1.29, 1.82) is 0 Å². The van der Waals surface area contributed by atoms with Gasteiger partial charge in [0.05, 0.1) is 6.20 Å². The van der Waals surface area contributed by atoms with Crippen molar-refractivity contribution in [2.45, 2.75) is 38.3 Å². The van der Waals surface area contributed by atoms with Crippen molar-refractivity contribution in [3.8, 4) is 5.75 Å². The van der Waals surface area contributed by atoms with Crippen molar-refractivity contribution in [2.75, 3.05) is 0 Å². The SMILES string of the molecule is Cn1cc(OCc2ccccc2Cl)c(=O)cc1C(=O)NC1CCCC1. The number of nitrogens with one attached hydrogen (secondary N) is 1. The summed E-state index contributed by atoms with van der Waals surface area (Å²) < 4.78 is 7.22. The van der Waals surface area contributed by atoms with Crippen LogP contribution in [0.25, 0.3) is 0 Å². The van der Waals surface area contributed by atoms with E-state index >= 15 is 0 Å². The molecule has 0 unspecified atom stereocenters. The first-order valence-electron chi connectivity index (χ1n) is 8.42. The molecule has 0 aliphatic heterocycles. The standard InChI is InChI=1S/C19H21ClN2O3/c1-22-11-18(25-12-13-6-2-5-9-15(13)20)17(23)10-16(22)19(24)21-14-7-3-4-8-14/h2,5-6,9-11,14H,3-4,7-8,12H2,1H3,(H,21,24). The first-order valence-corrected chi connectivity index (χ1v) is 8.80. The number of benzene rings is 1. The number of amides is 1. The number of pyridine rings is 1. The van der Waals surface area contributed by atoms with Crippen molar-refractivity contribution in [1.82, 2.24) is 9.88 Å². The average Bonchev–Trinajstić information content (AvgIpc) is 3.09. The van der Waals surface area contributed by atoms with Gasteiger partial charge in [-0.1, -0.05) is 42.6 Å². The number of hydrogen-bond acceptors (Lipinski definition) is 3. The summed E-state index contributed by atoms with van der Waals surface area (Å²) in [6.45, 7) is 0.197. The second-order valence-electron chi connectivity index (χ2n) is 6.33. The fourth-order valence-electron chi connectivity index (χ4n) is 3.04. The lowest BCUT2D eigenvalue weighted by Gasteiger charge is -2.15. The van der Waals surface area contributed by atoms with E-state index in [0.29, 0.717) is 10.7 Å². The third kappa shape index (κ3) is 4.23. The fraction of sp³-hybridized carbons (Fsp3) is 0.368. The summed E-state index contributed by atoms with van der Waals surface area (Å²) in [7, 11) is 1.73. The highest BCUT2D eigenvalue weighted by Gasteiger charge is 2.20. The zero-order valence-corrected chi connectivity index (χ0v) is 14.9. The molecule has 1 saturated carbocycles. The first-order chi connectivity index (χ1) is 12.0. The van der Waals surface area contributed by atoms with Crippen LogP contribution in [-0.4, -0.2) is 16.5 Å². The van der Waals surface area contributed by atoms with Crippen molar-refractivity contribution in [3.63, 3.8) is 0 Å². The number of aryl methyl sites for hydroxylation is 1. The molecule has 5 nitrogen and oxygen atoms in total. The van der Waals surface area contributed by atoms with E-state index in [4.69, 9.17) is 16.3 Å². The Kier molecular flexibility index (Phi) is 5.43. The largest absolute Gasteiger partial charge is 0.483 e. The number of ether oxygens (including phenoxy) is 1. The van der Waals surface area contributed by atoms with Crippen LogP contribution in [-0.2, 0) is 13.7 Å². The number of hydrogen-bond donors (Lipinski definition) is 1. The lowest BCUT2D eigenvalue weighted by Crippen LogP contribution is -2.35. The monoisotopic (exact) mass is 360 g/mol. The van der Waals surface area contributed by atoms with Gasteiger partial charge in [0, 0.05) is 29.7 Å². The Morgan fingerprint density at radius 1 is 1.32 bits per heavy atom. The van der Waals surface area contributed by atoms with Crippen LogP contribution >= 0.6 is 11.6 Å². The molecule has 0 saturated heterocycles. The van der Waals surface area contributed by atoms with Gasteiger partial charge in [-0.15, -0.1) is 0 Å².